The van der Waals surface area contributed by atoms with Crippen LogP contribution in [-0.2, 0) is 4.79 Å². The second kappa shape index (κ2) is 18.5. The highest BCUT2D eigenvalue weighted by atomic mass is 16.5. The number of likely N-dealkylation sites (N-methyl/N-ethyl adjacent to an activating group) is 1. The molecule has 35 heavy (non-hydrogen) atoms. The molecule has 1 N–H and O–H groups in total. The Balaban J connectivity index is 0.000000550. The SMILES string of the molecule is CN(C)CN(C)C.CN(C)CN1CCN(C)CC1.Cc1ccc(OCC(=O)NCN(C)C)c(C)c1. The maximum atomic E-state index is 11.4. The number of carbonyl (C=O) groups excluding carboxylic acids is 1. The molecule has 0 aromatic heterocycles. The fourth-order valence-corrected chi connectivity index (χ4v) is 3.36. The van der Waals surface area contributed by atoms with E-state index in [0.717, 1.165) is 24.7 Å². The number of ether oxygens (including phenoxy) is 1. The maximum Gasteiger partial charge on any atom is 0.258 e. The van der Waals surface area contributed by atoms with Crippen LogP contribution in [0.25, 0.3) is 0 Å². The molecular weight excluding hydrogens is 442 g/mol. The van der Waals surface area contributed by atoms with Gasteiger partial charge in [-0.1, -0.05) is 17.7 Å². The number of carbonyl (C=O) groups is 1. The molecular formula is C26H53N7O2. The average molecular weight is 496 g/mol. The molecule has 1 fully saturated rings. The monoisotopic (exact) mass is 495 g/mol. The molecule has 1 amide bonds. The van der Waals surface area contributed by atoms with E-state index in [1.54, 1.807) is 0 Å². The van der Waals surface area contributed by atoms with Crippen LogP contribution in [0.4, 0.5) is 0 Å². The molecule has 1 saturated heterocycles. The van der Waals surface area contributed by atoms with Gasteiger partial charge in [0.15, 0.2) is 6.61 Å². The summed E-state index contributed by atoms with van der Waals surface area (Å²) in [5, 5.41) is 2.75. The molecule has 0 atom stereocenters. The Kier molecular flexibility index (Phi) is 17.6. The number of benzene rings is 1. The van der Waals surface area contributed by atoms with Crippen LogP contribution >= 0.6 is 0 Å². The van der Waals surface area contributed by atoms with Gasteiger partial charge in [0.2, 0.25) is 0 Å². The smallest absolute Gasteiger partial charge is 0.258 e. The van der Waals surface area contributed by atoms with Crippen molar-refractivity contribution in [3.63, 3.8) is 0 Å². The highest BCUT2D eigenvalue weighted by Gasteiger charge is 2.13. The zero-order valence-corrected chi connectivity index (χ0v) is 24.4. The van der Waals surface area contributed by atoms with Crippen LogP contribution in [0.3, 0.4) is 0 Å². The van der Waals surface area contributed by atoms with Crippen molar-refractivity contribution in [2.75, 3.05) is 116 Å². The van der Waals surface area contributed by atoms with Crippen LogP contribution in [0.15, 0.2) is 18.2 Å². The number of amides is 1. The van der Waals surface area contributed by atoms with E-state index in [1.807, 2.05) is 51.0 Å². The lowest BCUT2D eigenvalue weighted by Crippen LogP contribution is -2.47. The van der Waals surface area contributed by atoms with Gasteiger partial charge < -0.3 is 15.0 Å². The fourth-order valence-electron chi connectivity index (χ4n) is 3.36. The van der Waals surface area contributed by atoms with Gasteiger partial charge >= 0.3 is 0 Å². The quantitative estimate of drug-likeness (QED) is 0.512. The number of nitrogens with one attached hydrogen (secondary N) is 1. The predicted octanol–water partition coefficient (Wildman–Crippen LogP) is 1.14. The van der Waals surface area contributed by atoms with Gasteiger partial charge in [-0.15, -0.1) is 0 Å². The summed E-state index contributed by atoms with van der Waals surface area (Å²) in [4.78, 5) is 24.7. The summed E-state index contributed by atoms with van der Waals surface area (Å²) in [5.41, 5.74) is 2.23. The molecule has 1 aromatic rings. The van der Waals surface area contributed by atoms with Gasteiger partial charge in [-0.3, -0.25) is 29.3 Å². The lowest BCUT2D eigenvalue weighted by molar-refractivity contribution is -0.123. The Morgan fingerprint density at radius 1 is 0.886 bits per heavy atom. The molecule has 0 bridgehead atoms. The van der Waals surface area contributed by atoms with E-state index in [2.05, 4.69) is 79.2 Å². The van der Waals surface area contributed by atoms with Crippen molar-refractivity contribution in [1.29, 1.82) is 0 Å². The Hall–Kier alpha value is -1.75. The minimum atomic E-state index is -0.112. The van der Waals surface area contributed by atoms with Crippen molar-refractivity contribution in [1.82, 2.24) is 34.7 Å². The van der Waals surface area contributed by atoms with Crippen LogP contribution in [0, 0.1) is 13.8 Å². The highest BCUT2D eigenvalue weighted by molar-refractivity contribution is 5.77. The first-order valence-corrected chi connectivity index (χ1v) is 12.3. The fraction of sp³-hybridized carbons (Fsp3) is 0.731. The Bertz CT molecular complexity index is 682. The van der Waals surface area contributed by atoms with Gasteiger partial charge in [-0.25, -0.2) is 0 Å². The Labute approximate surface area is 215 Å². The molecule has 0 radical (unpaired) electrons. The van der Waals surface area contributed by atoms with Crippen molar-refractivity contribution >= 4 is 5.91 Å². The molecule has 9 heteroatoms. The third kappa shape index (κ3) is 19.2. The van der Waals surface area contributed by atoms with Gasteiger partial charge in [-0.2, -0.15) is 0 Å². The summed E-state index contributed by atoms with van der Waals surface area (Å²) >= 11 is 0. The summed E-state index contributed by atoms with van der Waals surface area (Å²) in [5.74, 6) is 0.647. The van der Waals surface area contributed by atoms with Crippen molar-refractivity contribution in [3.05, 3.63) is 29.3 Å². The molecule has 0 aliphatic carbocycles. The normalized spacial score (nSPS) is 14.5. The minimum absolute atomic E-state index is 0.0533. The van der Waals surface area contributed by atoms with E-state index in [-0.39, 0.29) is 12.5 Å². The largest absolute Gasteiger partial charge is 0.484 e. The lowest BCUT2D eigenvalue weighted by Gasteiger charge is -2.33. The van der Waals surface area contributed by atoms with Gasteiger partial charge in [0.1, 0.15) is 5.75 Å². The number of rotatable bonds is 9. The number of piperazine rings is 1. The molecule has 1 aliphatic heterocycles. The van der Waals surface area contributed by atoms with Gasteiger partial charge in [0, 0.05) is 32.8 Å². The number of hydrogen-bond acceptors (Lipinski definition) is 8. The number of nitrogens with zero attached hydrogens (tertiary/aromatic N) is 6. The first-order chi connectivity index (χ1) is 16.3. The van der Waals surface area contributed by atoms with Crippen LogP contribution in [-0.4, -0.2) is 152 Å². The second-order valence-electron chi connectivity index (χ2n) is 10.3. The van der Waals surface area contributed by atoms with E-state index in [4.69, 9.17) is 4.74 Å². The molecule has 1 aliphatic rings. The van der Waals surface area contributed by atoms with Crippen LogP contribution < -0.4 is 10.1 Å². The van der Waals surface area contributed by atoms with Crippen molar-refractivity contribution in [2.24, 2.45) is 0 Å². The van der Waals surface area contributed by atoms with Crippen molar-refractivity contribution in [2.45, 2.75) is 13.8 Å². The summed E-state index contributed by atoms with van der Waals surface area (Å²) < 4.78 is 5.46. The van der Waals surface area contributed by atoms with E-state index in [1.165, 1.54) is 31.7 Å². The molecule has 1 heterocycles. The molecule has 2 rings (SSSR count). The highest BCUT2D eigenvalue weighted by Crippen LogP contribution is 2.18. The van der Waals surface area contributed by atoms with E-state index >= 15 is 0 Å². The third-order valence-electron chi connectivity index (χ3n) is 4.93. The summed E-state index contributed by atoms with van der Waals surface area (Å²) in [7, 11) is 18.4. The van der Waals surface area contributed by atoms with E-state index in [0.29, 0.717) is 6.67 Å². The summed E-state index contributed by atoms with van der Waals surface area (Å²) in [6, 6.07) is 5.90. The molecule has 204 valence electrons. The molecule has 0 spiro atoms. The van der Waals surface area contributed by atoms with Crippen LogP contribution in [0.1, 0.15) is 11.1 Å². The van der Waals surface area contributed by atoms with Crippen LogP contribution in [0.5, 0.6) is 5.75 Å². The average Bonchev–Trinajstić information content (AvgIpc) is 2.73. The summed E-state index contributed by atoms with van der Waals surface area (Å²) in [6.45, 7) is 11.6. The first kappa shape index (κ1) is 33.2. The molecule has 0 unspecified atom stereocenters. The van der Waals surface area contributed by atoms with Crippen LogP contribution in [0.2, 0.25) is 0 Å². The van der Waals surface area contributed by atoms with Crippen molar-refractivity contribution in [3.8, 4) is 5.75 Å². The predicted molar refractivity (Wildman–Crippen MR) is 148 cm³/mol. The Morgan fingerprint density at radius 2 is 1.46 bits per heavy atom. The molecule has 9 nitrogen and oxygen atoms in total. The zero-order chi connectivity index (χ0) is 27.0. The second-order valence-corrected chi connectivity index (χ2v) is 10.3. The third-order valence-corrected chi connectivity index (χ3v) is 4.93. The summed E-state index contributed by atoms with van der Waals surface area (Å²) in [6.07, 6.45) is 0. The number of aryl methyl sites for hydroxylation is 2. The zero-order valence-electron chi connectivity index (χ0n) is 24.4. The Morgan fingerprint density at radius 3 is 1.89 bits per heavy atom. The standard InChI is InChI=1S/C13H20N2O2.C8H19N3.C5H14N2/c1-10-5-6-12(11(2)7-10)17-8-13(16)14-9-15(3)4;1-9(2)8-11-6-4-10(3)5-7-11;1-6(2)5-7(3)4/h5-7H,8-9H2,1-4H3,(H,14,16);4-8H2,1-3H3;5H2,1-4H3. The lowest BCUT2D eigenvalue weighted by atomic mass is 10.1. The molecule has 1 aromatic carbocycles. The van der Waals surface area contributed by atoms with Gasteiger partial charge in [0.05, 0.1) is 13.3 Å². The maximum absolute atomic E-state index is 11.4. The van der Waals surface area contributed by atoms with Crippen molar-refractivity contribution < 1.29 is 9.53 Å². The molecule has 0 saturated carbocycles. The topological polar surface area (TPSA) is 57.8 Å². The number of hydrogen-bond donors (Lipinski definition) is 1. The van der Waals surface area contributed by atoms with Gasteiger partial charge in [-0.05, 0) is 88.9 Å². The van der Waals surface area contributed by atoms with E-state index < -0.39 is 0 Å². The van der Waals surface area contributed by atoms with E-state index in [9.17, 15) is 4.79 Å². The minimum Gasteiger partial charge on any atom is -0.484 e. The van der Waals surface area contributed by atoms with Gasteiger partial charge in [0.25, 0.3) is 5.91 Å². The first-order valence-electron chi connectivity index (χ1n) is 12.3.